The third kappa shape index (κ3) is 4.06. The summed E-state index contributed by atoms with van der Waals surface area (Å²) in [6.07, 6.45) is 2.21. The van der Waals surface area contributed by atoms with Crippen molar-refractivity contribution < 1.29 is 9.59 Å². The first-order valence-corrected chi connectivity index (χ1v) is 9.24. The molecule has 1 N–H and O–H groups in total. The fourth-order valence-electron chi connectivity index (χ4n) is 3.00. The Kier molecular flexibility index (Phi) is 5.56. The van der Waals surface area contributed by atoms with E-state index in [4.69, 9.17) is 0 Å². The maximum atomic E-state index is 12.7. The van der Waals surface area contributed by atoms with E-state index in [1.54, 1.807) is 0 Å². The molecular formula is C17H23N3O2S. The number of amides is 2. The molecule has 2 aliphatic rings. The minimum Gasteiger partial charge on any atom is -0.342 e. The van der Waals surface area contributed by atoms with E-state index in [1.165, 1.54) is 11.8 Å². The third-order valence-corrected chi connectivity index (χ3v) is 5.39. The highest BCUT2D eigenvalue weighted by molar-refractivity contribution is 8.00. The summed E-state index contributed by atoms with van der Waals surface area (Å²) in [5.74, 6) is 0.659. The topological polar surface area (TPSA) is 52.7 Å². The van der Waals surface area contributed by atoms with Crippen LogP contribution in [-0.2, 0) is 4.79 Å². The van der Waals surface area contributed by atoms with Gasteiger partial charge in [0.05, 0.1) is 11.3 Å². The van der Waals surface area contributed by atoms with Gasteiger partial charge in [-0.15, -0.1) is 11.8 Å². The van der Waals surface area contributed by atoms with Crippen LogP contribution in [0.4, 0.5) is 0 Å². The van der Waals surface area contributed by atoms with Crippen molar-refractivity contribution >= 4 is 23.6 Å². The maximum Gasteiger partial charge on any atom is 0.255 e. The van der Waals surface area contributed by atoms with Crippen molar-refractivity contribution in [3.63, 3.8) is 0 Å². The minimum atomic E-state index is 0.0724. The molecule has 2 amide bonds. The Morgan fingerprint density at radius 2 is 1.70 bits per heavy atom. The van der Waals surface area contributed by atoms with Crippen LogP contribution in [0.5, 0.6) is 0 Å². The van der Waals surface area contributed by atoms with Crippen molar-refractivity contribution in [1.82, 2.24) is 15.1 Å². The number of hydrogen-bond acceptors (Lipinski definition) is 4. The van der Waals surface area contributed by atoms with Gasteiger partial charge in [-0.3, -0.25) is 9.59 Å². The molecule has 6 heteroatoms. The molecule has 23 heavy (non-hydrogen) atoms. The van der Waals surface area contributed by atoms with Gasteiger partial charge in [0.2, 0.25) is 5.91 Å². The Balaban J connectivity index is 1.65. The van der Waals surface area contributed by atoms with Crippen molar-refractivity contribution in [2.24, 2.45) is 0 Å². The van der Waals surface area contributed by atoms with Crippen LogP contribution in [0.2, 0.25) is 0 Å². The summed E-state index contributed by atoms with van der Waals surface area (Å²) in [4.78, 5) is 29.6. The molecule has 0 radical (unpaired) electrons. The van der Waals surface area contributed by atoms with Gasteiger partial charge in [-0.05, 0) is 25.0 Å². The van der Waals surface area contributed by atoms with Gasteiger partial charge in [-0.2, -0.15) is 0 Å². The fraction of sp³-hybridized carbons (Fsp3) is 0.529. The standard InChI is InChI=1S/C17H23N3O2S/c21-16(19-9-3-4-10-19)13-23-15-6-2-1-5-14(15)17(22)20-11-7-18-8-12-20/h1-2,5-6,18H,3-4,7-13H2. The number of carbonyl (C=O) groups is 2. The molecule has 1 aromatic carbocycles. The molecule has 2 saturated heterocycles. The van der Waals surface area contributed by atoms with Crippen molar-refractivity contribution in [2.45, 2.75) is 17.7 Å². The first-order chi connectivity index (χ1) is 11.3. The number of benzene rings is 1. The lowest BCUT2D eigenvalue weighted by Crippen LogP contribution is -2.46. The highest BCUT2D eigenvalue weighted by atomic mass is 32.2. The molecule has 2 fully saturated rings. The van der Waals surface area contributed by atoms with Crippen LogP contribution in [-0.4, -0.2) is 66.6 Å². The summed E-state index contributed by atoms with van der Waals surface area (Å²) in [7, 11) is 0. The number of carbonyl (C=O) groups excluding carboxylic acids is 2. The molecule has 5 nitrogen and oxygen atoms in total. The lowest BCUT2D eigenvalue weighted by atomic mass is 10.2. The van der Waals surface area contributed by atoms with E-state index in [1.807, 2.05) is 34.1 Å². The van der Waals surface area contributed by atoms with Gasteiger partial charge in [-0.25, -0.2) is 0 Å². The molecule has 0 spiro atoms. The molecule has 0 saturated carbocycles. The van der Waals surface area contributed by atoms with E-state index in [0.717, 1.165) is 57.0 Å². The Morgan fingerprint density at radius 3 is 2.43 bits per heavy atom. The lowest BCUT2D eigenvalue weighted by Gasteiger charge is -2.28. The van der Waals surface area contributed by atoms with Gasteiger partial charge in [0.25, 0.3) is 5.91 Å². The van der Waals surface area contributed by atoms with Crippen LogP contribution >= 0.6 is 11.8 Å². The van der Waals surface area contributed by atoms with E-state index in [2.05, 4.69) is 5.32 Å². The van der Waals surface area contributed by atoms with E-state index in [9.17, 15) is 9.59 Å². The number of thioether (sulfide) groups is 1. The molecule has 3 rings (SSSR count). The monoisotopic (exact) mass is 333 g/mol. The summed E-state index contributed by atoms with van der Waals surface area (Å²) in [5, 5.41) is 3.26. The molecule has 2 heterocycles. The van der Waals surface area contributed by atoms with Crippen molar-refractivity contribution in [1.29, 1.82) is 0 Å². The van der Waals surface area contributed by atoms with Gasteiger partial charge in [0, 0.05) is 44.2 Å². The second-order valence-electron chi connectivity index (χ2n) is 5.91. The highest BCUT2D eigenvalue weighted by Crippen LogP contribution is 2.25. The van der Waals surface area contributed by atoms with Crippen molar-refractivity contribution in [3.8, 4) is 0 Å². The number of likely N-dealkylation sites (tertiary alicyclic amines) is 1. The summed E-state index contributed by atoms with van der Waals surface area (Å²) < 4.78 is 0. The quantitative estimate of drug-likeness (QED) is 0.848. The average molecular weight is 333 g/mol. The number of rotatable bonds is 4. The predicted molar refractivity (Wildman–Crippen MR) is 91.8 cm³/mol. The summed E-state index contributed by atoms with van der Waals surface area (Å²) in [5.41, 5.74) is 0.716. The number of nitrogens with zero attached hydrogens (tertiary/aromatic N) is 2. The van der Waals surface area contributed by atoms with Gasteiger partial charge in [0.1, 0.15) is 0 Å². The van der Waals surface area contributed by atoms with Gasteiger partial charge >= 0.3 is 0 Å². The number of nitrogens with one attached hydrogen (secondary N) is 1. The zero-order chi connectivity index (χ0) is 16.1. The first-order valence-electron chi connectivity index (χ1n) is 8.25. The minimum absolute atomic E-state index is 0.0724. The molecule has 0 aliphatic carbocycles. The Hall–Kier alpha value is -1.53. The molecule has 0 unspecified atom stereocenters. The Labute approximate surface area is 141 Å². The summed E-state index contributed by atoms with van der Waals surface area (Å²) >= 11 is 1.48. The van der Waals surface area contributed by atoms with Crippen molar-refractivity contribution in [3.05, 3.63) is 29.8 Å². The molecule has 0 bridgehead atoms. The van der Waals surface area contributed by atoms with Crippen LogP contribution in [0.3, 0.4) is 0 Å². The normalized spacial score (nSPS) is 18.3. The summed E-state index contributed by atoms with van der Waals surface area (Å²) in [6.45, 7) is 4.92. The van der Waals surface area contributed by atoms with Crippen LogP contribution in [0.15, 0.2) is 29.2 Å². The van der Waals surface area contributed by atoms with Crippen LogP contribution in [0.1, 0.15) is 23.2 Å². The van der Waals surface area contributed by atoms with Gasteiger partial charge < -0.3 is 15.1 Å². The molecular weight excluding hydrogens is 310 g/mol. The maximum absolute atomic E-state index is 12.7. The smallest absolute Gasteiger partial charge is 0.255 e. The summed E-state index contributed by atoms with van der Waals surface area (Å²) in [6, 6.07) is 7.63. The first kappa shape index (κ1) is 16.3. The highest BCUT2D eigenvalue weighted by Gasteiger charge is 2.22. The SMILES string of the molecule is O=C(CSc1ccccc1C(=O)N1CCNCC1)N1CCCC1. The zero-order valence-corrected chi connectivity index (χ0v) is 14.1. The molecule has 124 valence electrons. The molecule has 2 aliphatic heterocycles. The van der Waals surface area contributed by atoms with Gasteiger partial charge in [0.15, 0.2) is 0 Å². The molecule has 1 aromatic rings. The Morgan fingerprint density at radius 1 is 1.00 bits per heavy atom. The fourth-order valence-corrected chi connectivity index (χ4v) is 3.95. The van der Waals surface area contributed by atoms with Crippen LogP contribution in [0.25, 0.3) is 0 Å². The van der Waals surface area contributed by atoms with Gasteiger partial charge in [-0.1, -0.05) is 12.1 Å². The second-order valence-corrected chi connectivity index (χ2v) is 6.93. The van der Waals surface area contributed by atoms with E-state index in [0.29, 0.717) is 11.3 Å². The second kappa shape index (κ2) is 7.84. The van der Waals surface area contributed by atoms with Crippen LogP contribution < -0.4 is 5.32 Å². The molecule has 0 atom stereocenters. The van der Waals surface area contributed by atoms with E-state index < -0.39 is 0 Å². The number of hydrogen-bond donors (Lipinski definition) is 1. The average Bonchev–Trinajstić information content (AvgIpc) is 3.15. The van der Waals surface area contributed by atoms with E-state index in [-0.39, 0.29) is 11.8 Å². The molecule has 0 aromatic heterocycles. The predicted octanol–water partition coefficient (Wildman–Crippen LogP) is 1.45. The van der Waals surface area contributed by atoms with Crippen LogP contribution in [0, 0.1) is 0 Å². The Bertz CT molecular complexity index is 567. The third-order valence-electron chi connectivity index (χ3n) is 4.33. The largest absolute Gasteiger partial charge is 0.342 e. The van der Waals surface area contributed by atoms with E-state index >= 15 is 0 Å². The number of piperazine rings is 1. The zero-order valence-electron chi connectivity index (χ0n) is 13.3. The van der Waals surface area contributed by atoms with Crippen molar-refractivity contribution in [2.75, 3.05) is 45.0 Å². The lowest BCUT2D eigenvalue weighted by molar-refractivity contribution is -0.127.